The molecular formula is C54H70ClN7O13S4. The molecule has 5 aromatic carbocycles. The SMILES string of the molecule is Cc1cc(N=Nc2ccc(S(=O)(=O)NC3CCCC3)cc2)cc(C)c1O.NC1CCCC1.Nc1ccc(S(=O)(=O)CC2CCCC2)cc1.O=[N+]([O-])c1ccc(S(=O)(=O)CC2CCCC2)cc1.O=[N+]([O-])c1ccc(S(=O)(=O)Cl)cc1. The number of sulfonamides is 1. The Balaban J connectivity index is 0.000000192. The van der Waals surface area contributed by atoms with E-state index in [4.69, 9.17) is 22.1 Å². The number of sulfone groups is 2. The maximum Gasteiger partial charge on any atom is 0.269 e. The average molecular weight is 1190 g/mol. The summed E-state index contributed by atoms with van der Waals surface area (Å²) >= 11 is 0. The Morgan fingerprint density at radius 2 is 0.899 bits per heavy atom. The molecule has 0 radical (unpaired) electrons. The van der Waals surface area contributed by atoms with E-state index in [9.17, 15) is 59.0 Å². The molecule has 4 saturated carbocycles. The molecule has 4 fully saturated rings. The van der Waals surface area contributed by atoms with E-state index in [0.29, 0.717) is 33.9 Å². The van der Waals surface area contributed by atoms with Gasteiger partial charge in [0.15, 0.2) is 19.7 Å². The van der Waals surface area contributed by atoms with Crippen LogP contribution in [-0.4, -0.2) is 72.2 Å². The molecule has 0 spiro atoms. The molecule has 4 aliphatic carbocycles. The van der Waals surface area contributed by atoms with Gasteiger partial charge in [0.1, 0.15) is 5.75 Å². The first-order valence-electron chi connectivity index (χ1n) is 26.1. The first-order chi connectivity index (χ1) is 37.2. The Morgan fingerprint density at radius 1 is 0.544 bits per heavy atom. The van der Waals surface area contributed by atoms with Gasteiger partial charge in [-0.2, -0.15) is 10.2 Å². The lowest BCUT2D eigenvalue weighted by Crippen LogP contribution is -2.32. The van der Waals surface area contributed by atoms with Crippen molar-refractivity contribution in [3.63, 3.8) is 0 Å². The number of azo groups is 1. The van der Waals surface area contributed by atoms with Crippen molar-refractivity contribution in [2.45, 2.75) is 148 Å². The number of phenolic OH excluding ortho intramolecular Hbond substituents is 1. The molecule has 79 heavy (non-hydrogen) atoms. The molecule has 0 saturated heterocycles. The second-order valence-corrected chi connectivity index (χ2v) is 28.5. The lowest BCUT2D eigenvalue weighted by molar-refractivity contribution is -0.385. The summed E-state index contributed by atoms with van der Waals surface area (Å²) in [4.78, 5) is 20.2. The van der Waals surface area contributed by atoms with E-state index < -0.39 is 48.6 Å². The summed E-state index contributed by atoms with van der Waals surface area (Å²) in [6.07, 6.45) is 17.8. The molecule has 0 bridgehead atoms. The third-order valence-electron chi connectivity index (χ3n) is 13.8. The molecule has 430 valence electrons. The van der Waals surface area contributed by atoms with E-state index in [-0.39, 0.29) is 55.3 Å². The Bertz CT molecular complexity index is 3270. The van der Waals surface area contributed by atoms with Gasteiger partial charge >= 0.3 is 0 Å². The van der Waals surface area contributed by atoms with E-state index in [2.05, 4.69) is 15.0 Å². The van der Waals surface area contributed by atoms with Crippen molar-refractivity contribution in [1.29, 1.82) is 0 Å². The number of aryl methyl sites for hydroxylation is 2. The summed E-state index contributed by atoms with van der Waals surface area (Å²) in [6, 6.07) is 26.3. The number of halogens is 1. The van der Waals surface area contributed by atoms with E-state index in [1.807, 2.05) is 0 Å². The Hall–Kier alpha value is -5.89. The second-order valence-electron chi connectivity index (χ2n) is 20.1. The normalized spacial score (nSPS) is 16.4. The quantitative estimate of drug-likeness (QED) is 0.0264. The van der Waals surface area contributed by atoms with Gasteiger partial charge in [-0.1, -0.05) is 51.4 Å². The zero-order chi connectivity index (χ0) is 58.0. The van der Waals surface area contributed by atoms with Gasteiger partial charge in [0.25, 0.3) is 20.4 Å². The number of hydrogen-bond acceptors (Lipinski definition) is 17. The molecule has 0 aliphatic heterocycles. The lowest BCUT2D eigenvalue weighted by Gasteiger charge is -2.12. The van der Waals surface area contributed by atoms with E-state index in [1.165, 1.54) is 62.8 Å². The van der Waals surface area contributed by atoms with Crippen molar-refractivity contribution in [3.05, 3.63) is 141 Å². The molecule has 25 heteroatoms. The molecule has 0 unspecified atom stereocenters. The van der Waals surface area contributed by atoms with Crippen LogP contribution in [0.25, 0.3) is 0 Å². The van der Waals surface area contributed by atoms with E-state index >= 15 is 0 Å². The van der Waals surface area contributed by atoms with Crippen molar-refractivity contribution in [1.82, 2.24) is 4.72 Å². The predicted octanol–water partition coefficient (Wildman–Crippen LogP) is 11.8. The van der Waals surface area contributed by atoms with Crippen LogP contribution in [0.4, 0.5) is 28.4 Å². The monoisotopic (exact) mass is 1190 g/mol. The van der Waals surface area contributed by atoms with Gasteiger partial charge < -0.3 is 16.6 Å². The van der Waals surface area contributed by atoms with Crippen molar-refractivity contribution >= 4 is 77.9 Å². The van der Waals surface area contributed by atoms with Crippen LogP contribution in [0.1, 0.15) is 114 Å². The van der Waals surface area contributed by atoms with Crippen molar-refractivity contribution in [2.24, 2.45) is 27.8 Å². The number of nitrogens with zero attached hydrogens (tertiary/aromatic N) is 4. The number of nitrogens with two attached hydrogens (primary N) is 2. The number of hydrogen-bond donors (Lipinski definition) is 4. The maximum atomic E-state index is 12.4. The number of non-ortho nitro benzene ring substituents is 2. The van der Waals surface area contributed by atoms with Crippen LogP contribution in [0, 0.1) is 45.9 Å². The van der Waals surface area contributed by atoms with Crippen molar-refractivity contribution in [2.75, 3.05) is 17.2 Å². The number of aromatic hydroxyl groups is 1. The highest BCUT2D eigenvalue weighted by molar-refractivity contribution is 8.13. The van der Waals surface area contributed by atoms with Gasteiger partial charge in [0, 0.05) is 52.7 Å². The standard InChI is InChI=1S/C19H23N3O3S.C12H15NO4S.C12H17NO2S.C6H4ClNO4S.C5H11N/c1-13-11-17(12-14(2)19(13)23)21-20-15-7-9-18(10-8-15)26(24,25)22-16-5-3-4-6-16;14-13(15)11-5-7-12(8-6-11)18(16,17)9-10-3-1-2-4-10;13-11-5-7-12(8-6-11)16(14,15)9-10-3-1-2-4-10;7-13(11,12)6-3-1-5(2-4-6)8(9)10;6-5-3-1-2-4-5/h7-12,16,22-23H,3-6H2,1-2H3;5-8,10H,1-4,9H2;5-8,10H,1-4,9,13H2;1-4H;5H,1-4,6H2. The van der Waals surface area contributed by atoms with Gasteiger partial charge in [0.2, 0.25) is 10.0 Å². The smallest absolute Gasteiger partial charge is 0.269 e. The molecule has 20 nitrogen and oxygen atoms in total. The van der Waals surface area contributed by atoms with Crippen LogP contribution >= 0.6 is 10.7 Å². The minimum absolute atomic E-state index is 0.0420. The van der Waals surface area contributed by atoms with Gasteiger partial charge in [-0.15, -0.1) is 0 Å². The van der Waals surface area contributed by atoms with E-state index in [0.717, 1.165) is 99.6 Å². The number of nitro groups is 2. The summed E-state index contributed by atoms with van der Waals surface area (Å²) in [5.41, 5.74) is 14.1. The summed E-state index contributed by atoms with van der Waals surface area (Å²) in [7, 11) is -8.72. The average Bonchev–Trinajstić information content (AvgIpc) is 4.28. The zero-order valence-corrected chi connectivity index (χ0v) is 48.3. The lowest BCUT2D eigenvalue weighted by atomic mass is 10.1. The van der Waals surface area contributed by atoms with Crippen LogP contribution in [0.15, 0.2) is 139 Å². The maximum absolute atomic E-state index is 12.4. The van der Waals surface area contributed by atoms with Crippen LogP contribution in [0.2, 0.25) is 0 Å². The minimum Gasteiger partial charge on any atom is -0.507 e. The highest BCUT2D eigenvalue weighted by Crippen LogP contribution is 2.32. The molecule has 4 aliphatic rings. The molecule has 9 rings (SSSR count). The highest BCUT2D eigenvalue weighted by Gasteiger charge is 2.26. The molecule has 6 N–H and O–H groups in total. The summed E-state index contributed by atoms with van der Waals surface area (Å²) in [5.74, 6) is 1.29. The molecule has 0 heterocycles. The van der Waals surface area contributed by atoms with E-state index in [1.54, 1.807) is 74.5 Å². The Kier molecular flexibility index (Phi) is 23.9. The third-order valence-corrected chi connectivity index (χ3v) is 20.5. The van der Waals surface area contributed by atoms with Gasteiger partial charge in [-0.05, 0) is 173 Å². The topological polar surface area (TPSA) is 332 Å². The van der Waals surface area contributed by atoms with Crippen LogP contribution in [0.3, 0.4) is 0 Å². The molecule has 5 aromatic rings. The zero-order valence-electron chi connectivity index (χ0n) is 44.2. The summed E-state index contributed by atoms with van der Waals surface area (Å²) in [5, 5.41) is 38.8. The van der Waals surface area contributed by atoms with Crippen LogP contribution in [0.5, 0.6) is 5.75 Å². The molecule has 0 aromatic heterocycles. The minimum atomic E-state index is -3.80. The highest BCUT2D eigenvalue weighted by atomic mass is 35.7. The molecule has 0 amide bonds. The fourth-order valence-corrected chi connectivity index (χ4v) is 14.9. The number of nitro benzene ring substituents is 2. The number of nitrogens with one attached hydrogen (secondary N) is 1. The largest absolute Gasteiger partial charge is 0.507 e. The van der Waals surface area contributed by atoms with Crippen LogP contribution < -0.4 is 16.2 Å². The fraction of sp³-hybridized carbons (Fsp3) is 0.444. The van der Waals surface area contributed by atoms with Gasteiger partial charge in [-0.3, -0.25) is 20.2 Å². The summed E-state index contributed by atoms with van der Waals surface area (Å²) in [6.45, 7) is 3.61. The predicted molar refractivity (Wildman–Crippen MR) is 305 cm³/mol. The number of anilines is 1. The van der Waals surface area contributed by atoms with Crippen LogP contribution in [-0.2, 0) is 38.7 Å². The number of rotatable bonds is 14. The van der Waals surface area contributed by atoms with Gasteiger partial charge in [0.05, 0.1) is 52.3 Å². The van der Waals surface area contributed by atoms with Crippen molar-refractivity contribution < 1.29 is 48.6 Å². The third kappa shape index (κ3) is 20.9. The first-order valence-corrected chi connectivity index (χ1v) is 33.2. The first kappa shape index (κ1) is 63.9. The number of phenols is 1. The fourth-order valence-electron chi connectivity index (χ4n) is 9.43. The Morgan fingerprint density at radius 3 is 1.28 bits per heavy atom. The molecular weight excluding hydrogens is 1120 g/mol. The van der Waals surface area contributed by atoms with Crippen molar-refractivity contribution in [3.8, 4) is 5.75 Å². The summed E-state index contributed by atoms with van der Waals surface area (Å²) < 4.78 is 97.3. The number of benzene rings is 5. The molecule has 0 atom stereocenters. The number of nitrogen functional groups attached to an aromatic ring is 1. The second kappa shape index (κ2) is 29.5. The Labute approximate surface area is 468 Å². The van der Waals surface area contributed by atoms with Gasteiger partial charge in [-0.25, -0.2) is 38.4 Å².